The average molecular weight is 351 g/mol. The molecule has 1 aromatic rings. The summed E-state index contributed by atoms with van der Waals surface area (Å²) in [7, 11) is 0. The van der Waals surface area contributed by atoms with Crippen LogP contribution in [0.5, 0.6) is 0 Å². The zero-order valence-corrected chi connectivity index (χ0v) is 14.5. The first-order chi connectivity index (χ1) is 11.2. The largest absolute Gasteiger partial charge is 0.460 e. The third kappa shape index (κ3) is 3.91. The standard InChI is InChI=1S/C17H19ClN2O2S/c1-23-20-9-13-8-19-16(7-14(13)15(18)10-20)17(21)22-11-12-5-3-2-4-6-12/h2-6,10,16,19H,7-9,11H2,1H3. The Morgan fingerprint density at radius 1 is 1.43 bits per heavy atom. The van der Waals surface area contributed by atoms with Crippen molar-refractivity contribution in [2.24, 2.45) is 0 Å². The van der Waals surface area contributed by atoms with E-state index in [1.165, 1.54) is 5.57 Å². The zero-order valence-electron chi connectivity index (χ0n) is 12.9. The van der Waals surface area contributed by atoms with E-state index >= 15 is 0 Å². The van der Waals surface area contributed by atoms with Crippen LogP contribution in [-0.2, 0) is 16.1 Å². The van der Waals surface area contributed by atoms with Gasteiger partial charge in [0.15, 0.2) is 0 Å². The van der Waals surface area contributed by atoms with Crippen molar-refractivity contribution in [1.82, 2.24) is 9.62 Å². The van der Waals surface area contributed by atoms with Crippen molar-refractivity contribution in [3.63, 3.8) is 0 Å². The number of carbonyl (C=O) groups excluding carboxylic acids is 1. The fourth-order valence-electron chi connectivity index (χ4n) is 2.74. The third-order valence-electron chi connectivity index (χ3n) is 4.03. The normalized spacial score (nSPS) is 20.9. The number of hydrogen-bond acceptors (Lipinski definition) is 5. The Hall–Kier alpha value is -1.43. The van der Waals surface area contributed by atoms with Crippen LogP contribution < -0.4 is 5.32 Å². The van der Waals surface area contributed by atoms with Gasteiger partial charge in [0.05, 0.1) is 11.6 Å². The molecule has 1 atom stereocenters. The topological polar surface area (TPSA) is 41.6 Å². The zero-order chi connectivity index (χ0) is 16.2. The van der Waals surface area contributed by atoms with Crippen molar-refractivity contribution in [3.05, 3.63) is 58.3 Å². The summed E-state index contributed by atoms with van der Waals surface area (Å²) in [6.45, 7) is 1.81. The van der Waals surface area contributed by atoms with Crippen LogP contribution >= 0.6 is 23.5 Å². The van der Waals surface area contributed by atoms with E-state index in [2.05, 4.69) is 9.62 Å². The lowest BCUT2D eigenvalue weighted by atomic mass is 9.94. The maximum absolute atomic E-state index is 12.3. The van der Waals surface area contributed by atoms with Crippen molar-refractivity contribution < 1.29 is 9.53 Å². The molecule has 0 aromatic heterocycles. The lowest BCUT2D eigenvalue weighted by molar-refractivity contribution is -0.147. The molecule has 2 heterocycles. The second kappa shape index (κ2) is 7.43. The molecule has 1 aromatic carbocycles. The minimum atomic E-state index is -0.333. The van der Waals surface area contributed by atoms with Gasteiger partial charge in [0.25, 0.3) is 0 Å². The minimum absolute atomic E-state index is 0.225. The number of nitrogens with zero attached hydrogens (tertiary/aromatic N) is 1. The number of ether oxygens (including phenoxy) is 1. The Kier molecular flexibility index (Phi) is 5.30. The molecular weight excluding hydrogens is 332 g/mol. The Bertz CT molecular complexity index is 645. The maximum Gasteiger partial charge on any atom is 0.323 e. The molecule has 1 unspecified atom stereocenters. The minimum Gasteiger partial charge on any atom is -0.460 e. The predicted molar refractivity (Wildman–Crippen MR) is 93.8 cm³/mol. The molecule has 6 heteroatoms. The van der Waals surface area contributed by atoms with Crippen LogP contribution in [0.2, 0.25) is 0 Å². The second-order valence-electron chi connectivity index (χ2n) is 5.55. The molecule has 3 rings (SSSR count). The van der Waals surface area contributed by atoms with Gasteiger partial charge in [-0.3, -0.25) is 4.79 Å². The highest BCUT2D eigenvalue weighted by Crippen LogP contribution is 2.33. The molecule has 0 saturated carbocycles. The fourth-order valence-corrected chi connectivity index (χ4v) is 3.62. The monoisotopic (exact) mass is 350 g/mol. The van der Waals surface area contributed by atoms with E-state index in [4.69, 9.17) is 16.3 Å². The maximum atomic E-state index is 12.3. The number of nitrogens with one attached hydrogen (secondary N) is 1. The Morgan fingerprint density at radius 3 is 2.96 bits per heavy atom. The third-order valence-corrected chi connectivity index (χ3v) is 5.06. The summed E-state index contributed by atoms with van der Waals surface area (Å²) in [6.07, 6.45) is 4.54. The van der Waals surface area contributed by atoms with E-state index in [0.717, 1.165) is 22.7 Å². The van der Waals surface area contributed by atoms with E-state index in [1.54, 1.807) is 11.9 Å². The van der Waals surface area contributed by atoms with Crippen molar-refractivity contribution >= 4 is 29.5 Å². The van der Waals surface area contributed by atoms with Crippen LogP contribution in [0.4, 0.5) is 0 Å². The first kappa shape index (κ1) is 16.4. The first-order valence-corrected chi connectivity index (χ1v) is 9.06. The van der Waals surface area contributed by atoms with Crippen LogP contribution in [0.3, 0.4) is 0 Å². The smallest absolute Gasteiger partial charge is 0.323 e. The van der Waals surface area contributed by atoms with Gasteiger partial charge >= 0.3 is 5.97 Å². The van der Waals surface area contributed by atoms with Crippen LogP contribution in [0.15, 0.2) is 52.7 Å². The highest BCUT2D eigenvalue weighted by atomic mass is 35.5. The summed E-state index contributed by atoms with van der Waals surface area (Å²) < 4.78 is 7.52. The molecular formula is C17H19ClN2O2S. The predicted octanol–water partition coefficient (Wildman–Crippen LogP) is 3.06. The summed E-state index contributed by atoms with van der Waals surface area (Å²) in [6, 6.07) is 9.37. The number of carbonyl (C=O) groups is 1. The quantitative estimate of drug-likeness (QED) is 0.667. The summed E-state index contributed by atoms with van der Waals surface area (Å²) in [5.41, 5.74) is 3.32. The van der Waals surface area contributed by atoms with E-state index in [0.29, 0.717) is 19.6 Å². The van der Waals surface area contributed by atoms with Gasteiger partial charge in [-0.2, -0.15) is 0 Å². The molecule has 0 spiro atoms. The van der Waals surface area contributed by atoms with Gasteiger partial charge in [0.2, 0.25) is 0 Å². The number of hydrogen-bond donors (Lipinski definition) is 1. The van der Waals surface area contributed by atoms with Gasteiger partial charge in [-0.15, -0.1) is 0 Å². The van der Waals surface area contributed by atoms with Gasteiger partial charge in [-0.1, -0.05) is 53.9 Å². The molecule has 0 radical (unpaired) electrons. The Morgan fingerprint density at radius 2 is 2.22 bits per heavy atom. The lowest BCUT2D eigenvalue weighted by Gasteiger charge is -2.33. The molecule has 23 heavy (non-hydrogen) atoms. The Balaban J connectivity index is 1.60. The van der Waals surface area contributed by atoms with Gasteiger partial charge < -0.3 is 14.4 Å². The highest BCUT2D eigenvalue weighted by molar-refractivity contribution is 7.96. The van der Waals surface area contributed by atoms with Gasteiger partial charge in [0.1, 0.15) is 12.6 Å². The molecule has 2 aliphatic rings. The lowest BCUT2D eigenvalue weighted by Crippen LogP contribution is -2.44. The number of halogens is 1. The van der Waals surface area contributed by atoms with Crippen LogP contribution in [0, 0.1) is 0 Å². The number of rotatable bonds is 4. The average Bonchev–Trinajstić information content (AvgIpc) is 2.60. The Labute approximate surface area is 145 Å². The van der Waals surface area contributed by atoms with Crippen LogP contribution in [0.1, 0.15) is 12.0 Å². The molecule has 0 bridgehead atoms. The summed E-state index contributed by atoms with van der Waals surface area (Å²) in [5, 5.41) is 3.99. The summed E-state index contributed by atoms with van der Waals surface area (Å²) in [4.78, 5) is 12.3. The van der Waals surface area contributed by atoms with E-state index in [9.17, 15) is 4.79 Å². The van der Waals surface area contributed by atoms with E-state index in [1.807, 2.05) is 42.8 Å². The van der Waals surface area contributed by atoms with Crippen molar-refractivity contribution in [2.75, 3.05) is 19.3 Å². The molecule has 122 valence electrons. The summed E-state index contributed by atoms with van der Waals surface area (Å²) in [5.74, 6) is -0.225. The van der Waals surface area contributed by atoms with Crippen molar-refractivity contribution in [2.45, 2.75) is 19.1 Å². The van der Waals surface area contributed by atoms with Gasteiger partial charge in [0, 0.05) is 25.4 Å². The number of esters is 1. The number of allylic oxidation sites excluding steroid dienone is 1. The van der Waals surface area contributed by atoms with E-state index < -0.39 is 0 Å². The van der Waals surface area contributed by atoms with E-state index in [-0.39, 0.29) is 12.0 Å². The molecule has 1 N–H and O–H groups in total. The molecule has 4 nitrogen and oxygen atoms in total. The molecule has 0 fully saturated rings. The number of benzene rings is 1. The highest BCUT2D eigenvalue weighted by Gasteiger charge is 2.30. The van der Waals surface area contributed by atoms with Gasteiger partial charge in [-0.25, -0.2) is 0 Å². The SMILES string of the molecule is CSN1C=C(Cl)C2=C(CNC(C(=O)OCc3ccccc3)C2)C1. The molecule has 0 amide bonds. The van der Waals surface area contributed by atoms with Crippen LogP contribution in [0.25, 0.3) is 0 Å². The van der Waals surface area contributed by atoms with Crippen LogP contribution in [-0.4, -0.2) is 35.7 Å². The van der Waals surface area contributed by atoms with Crippen molar-refractivity contribution in [3.8, 4) is 0 Å². The fraction of sp³-hybridized carbons (Fsp3) is 0.353. The van der Waals surface area contributed by atoms with Crippen molar-refractivity contribution in [1.29, 1.82) is 0 Å². The first-order valence-electron chi connectivity index (χ1n) is 7.50. The second-order valence-corrected chi connectivity index (χ2v) is 6.79. The summed E-state index contributed by atoms with van der Waals surface area (Å²) >= 11 is 8.01. The molecule has 0 aliphatic carbocycles. The molecule has 0 saturated heterocycles. The molecule has 2 aliphatic heterocycles. The van der Waals surface area contributed by atoms with Gasteiger partial charge in [-0.05, 0) is 16.7 Å².